The molecule has 110 heavy (non-hydrogen) atoms. The Bertz CT molecular complexity index is 5610. The molecule has 0 aliphatic carbocycles. The Morgan fingerprint density at radius 3 is 1.66 bits per heavy atom. The van der Waals surface area contributed by atoms with Gasteiger partial charge >= 0.3 is 6.03 Å². The summed E-state index contributed by atoms with van der Waals surface area (Å²) in [6, 6.07) is 35.8. The summed E-state index contributed by atoms with van der Waals surface area (Å²) in [5, 5.41) is 16.6. The number of nitrogens with zero attached hydrogens (tertiary/aromatic N) is 12. The van der Waals surface area contributed by atoms with Crippen LogP contribution in [0.25, 0.3) is 17.1 Å². The number of rotatable bonds is 17. The minimum atomic E-state index is -0.704. The van der Waals surface area contributed by atoms with E-state index in [-0.39, 0.29) is 63.7 Å². The Labute approximate surface area is 627 Å². The Kier molecular flexibility index (Phi) is 22.0. The molecule has 7 aromatic heterocycles. The predicted octanol–water partition coefficient (Wildman–Crippen LogP) is 11.6. The fourth-order valence-electron chi connectivity index (χ4n) is 13.1. The van der Waals surface area contributed by atoms with E-state index in [0.29, 0.717) is 93.9 Å². The van der Waals surface area contributed by atoms with Crippen LogP contribution in [0.3, 0.4) is 0 Å². The summed E-state index contributed by atoms with van der Waals surface area (Å²) in [5.41, 5.74) is 3.84. The van der Waals surface area contributed by atoms with E-state index in [2.05, 4.69) is 65.0 Å². The average molecular weight is 1490 g/mol. The number of halogens is 2. The first-order valence-corrected chi connectivity index (χ1v) is 35.2. The van der Waals surface area contributed by atoms with Gasteiger partial charge in [0, 0.05) is 113 Å². The standard InChI is InChI=1S/C27H30N8O4.C26H22FN5O4.C26H24FN5O3/c1-4-18(2)35-26(37)24(21-17-32(3)13-14-34(21)35)25(36)30-22-8-7-20(16-29-22)39-19-9-10-28-23(15-19)31-27(38)33-11-5-6-12-33;1-15-23(26(35)32(31(15)2)17-6-4-3-5-7-17)25(34)29-16-8-10-21(19(27)14-16)36-20-12-13-28-24-18(20)9-11-22(33)30-24;1-16-23(26(34)32(31(16)2)18-7-4-3-5-8-18)25(33)30-17-10-11-22(20(27)15-17)35-21-12-14-29-24-19(21)9-6-13-28-24/h4,7-10,15-16H,1-2,5-6,11-14,17H2,3H3,(H,28,31,38)(H,29,30,36);3-8,10,12-14H,9,11H2,1-2H3,(H,29,34)(H,28,30,33);3-5,7-8,10-12,14-15H,6,9,13H2,1-2H3,(H,28,29)(H,30,33). The summed E-state index contributed by atoms with van der Waals surface area (Å²) in [6.45, 7) is 15.0. The molecule has 0 spiro atoms. The maximum absolute atomic E-state index is 14.9. The lowest BCUT2D eigenvalue weighted by atomic mass is 10.1. The van der Waals surface area contributed by atoms with Crippen molar-refractivity contribution in [1.82, 2.24) is 57.8 Å². The summed E-state index contributed by atoms with van der Waals surface area (Å²) in [5.74, 6) is 0.294. The van der Waals surface area contributed by atoms with Gasteiger partial charge in [-0.25, -0.2) is 47.6 Å². The van der Waals surface area contributed by atoms with Gasteiger partial charge in [-0.1, -0.05) is 49.6 Å². The van der Waals surface area contributed by atoms with Crippen LogP contribution in [0.1, 0.15) is 85.0 Å². The lowest BCUT2D eigenvalue weighted by Crippen LogP contribution is -2.33. The largest absolute Gasteiger partial charge is 0.456 e. The monoisotopic (exact) mass is 1490 g/mol. The number of likely N-dealkylation sites (N-methyl/N-ethyl adjacent to an activating group) is 1. The first kappa shape index (κ1) is 74.4. The molecule has 0 radical (unpaired) electrons. The number of urea groups is 1. The van der Waals surface area contributed by atoms with Crippen LogP contribution in [0.4, 0.5) is 48.2 Å². The number of aromatic nitrogens is 10. The van der Waals surface area contributed by atoms with Crippen LogP contribution in [-0.4, -0.2) is 121 Å². The zero-order valence-corrected chi connectivity index (χ0v) is 60.6. The molecule has 562 valence electrons. The normalized spacial score (nSPS) is 13.4. The van der Waals surface area contributed by atoms with Crippen molar-refractivity contribution in [2.45, 2.75) is 65.5 Å². The number of amides is 6. The van der Waals surface area contributed by atoms with Crippen molar-refractivity contribution in [3.8, 4) is 45.9 Å². The maximum Gasteiger partial charge on any atom is 0.323 e. The second-order valence-electron chi connectivity index (χ2n) is 26.1. The van der Waals surface area contributed by atoms with Gasteiger partial charge in [0.2, 0.25) is 5.91 Å². The number of allylic oxidation sites excluding steroid dienone is 2. The Hall–Kier alpha value is -13.8. The molecule has 29 nitrogen and oxygen atoms in total. The molecule has 1 saturated heterocycles. The molecule has 4 aromatic carbocycles. The van der Waals surface area contributed by atoms with Crippen molar-refractivity contribution in [2.24, 2.45) is 14.1 Å². The smallest absolute Gasteiger partial charge is 0.323 e. The van der Waals surface area contributed by atoms with E-state index in [1.54, 1.807) is 132 Å². The molecular weight excluding hydrogens is 1410 g/mol. The Morgan fingerprint density at radius 2 is 1.10 bits per heavy atom. The molecule has 0 saturated carbocycles. The minimum absolute atomic E-state index is 0.00648. The third-order valence-electron chi connectivity index (χ3n) is 18.8. The third-order valence-corrected chi connectivity index (χ3v) is 18.8. The van der Waals surface area contributed by atoms with E-state index in [1.807, 2.05) is 36.2 Å². The topological polar surface area (TPSA) is 324 Å². The third kappa shape index (κ3) is 16.0. The quantitative estimate of drug-likeness (QED) is 0.0461. The van der Waals surface area contributed by atoms with Crippen LogP contribution in [0, 0.1) is 25.5 Å². The van der Waals surface area contributed by atoms with E-state index in [4.69, 9.17) is 14.2 Å². The molecule has 6 amide bonds. The van der Waals surface area contributed by atoms with Crippen LogP contribution in [0.5, 0.6) is 34.5 Å². The predicted molar refractivity (Wildman–Crippen MR) is 409 cm³/mol. The van der Waals surface area contributed by atoms with Crippen molar-refractivity contribution in [1.29, 1.82) is 0 Å². The number of hydrogen-bond acceptors (Lipinski definition) is 17. The van der Waals surface area contributed by atoms with E-state index in [1.165, 1.54) is 62.8 Å². The summed E-state index contributed by atoms with van der Waals surface area (Å²) in [4.78, 5) is 123. The second-order valence-corrected chi connectivity index (χ2v) is 26.1. The molecule has 4 aliphatic heterocycles. The number of para-hydroxylation sites is 2. The summed E-state index contributed by atoms with van der Waals surface area (Å²) in [6.07, 6.45) is 12.0. The number of pyridine rings is 4. The molecule has 6 N–H and O–H groups in total. The molecule has 11 aromatic rings. The molecule has 1 fully saturated rings. The van der Waals surface area contributed by atoms with Crippen LogP contribution in [-0.2, 0) is 44.8 Å². The van der Waals surface area contributed by atoms with Gasteiger partial charge in [0.15, 0.2) is 23.1 Å². The van der Waals surface area contributed by atoms with E-state index in [0.717, 1.165) is 69.3 Å². The van der Waals surface area contributed by atoms with Gasteiger partial charge in [-0.2, -0.15) is 0 Å². The first-order chi connectivity index (χ1) is 53.1. The van der Waals surface area contributed by atoms with Crippen molar-refractivity contribution in [3.05, 3.63) is 265 Å². The summed E-state index contributed by atoms with van der Waals surface area (Å²) in [7, 11) is 5.33. The number of carbonyl (C=O) groups is 5. The maximum atomic E-state index is 14.9. The van der Waals surface area contributed by atoms with Crippen LogP contribution >= 0.6 is 0 Å². The molecule has 0 unspecified atom stereocenters. The van der Waals surface area contributed by atoms with Gasteiger partial charge in [-0.3, -0.25) is 57.8 Å². The highest BCUT2D eigenvalue weighted by Gasteiger charge is 2.31. The van der Waals surface area contributed by atoms with Gasteiger partial charge in [-0.15, -0.1) is 0 Å². The van der Waals surface area contributed by atoms with Crippen molar-refractivity contribution in [2.75, 3.05) is 65.1 Å². The highest BCUT2D eigenvalue weighted by molar-refractivity contribution is 6.06. The van der Waals surface area contributed by atoms with E-state index < -0.39 is 46.0 Å². The van der Waals surface area contributed by atoms with Crippen molar-refractivity contribution in [3.63, 3.8) is 0 Å². The molecular formula is C79H76F2N18O11. The fraction of sp³-hybridized carbons (Fsp3) is 0.215. The Balaban J connectivity index is 0.000000145. The van der Waals surface area contributed by atoms with Gasteiger partial charge in [0.1, 0.15) is 63.0 Å². The van der Waals surface area contributed by atoms with Gasteiger partial charge in [0.25, 0.3) is 34.4 Å². The summed E-state index contributed by atoms with van der Waals surface area (Å²) >= 11 is 0. The van der Waals surface area contributed by atoms with Gasteiger partial charge < -0.3 is 45.7 Å². The fourth-order valence-corrected chi connectivity index (χ4v) is 13.1. The zero-order valence-electron chi connectivity index (χ0n) is 60.6. The molecule has 11 heterocycles. The van der Waals surface area contributed by atoms with Crippen LogP contribution in [0.15, 0.2) is 192 Å². The number of hydrogen-bond donors (Lipinski definition) is 6. The molecule has 0 bridgehead atoms. The highest BCUT2D eigenvalue weighted by Crippen LogP contribution is 2.37. The first-order valence-electron chi connectivity index (χ1n) is 35.2. The highest BCUT2D eigenvalue weighted by atomic mass is 19.1. The second kappa shape index (κ2) is 32.5. The lowest BCUT2D eigenvalue weighted by Gasteiger charge is -2.26. The van der Waals surface area contributed by atoms with Crippen molar-refractivity contribution < 1.29 is 47.0 Å². The number of anilines is 6. The molecule has 31 heteroatoms. The molecule has 0 atom stereocenters. The molecule has 4 aliphatic rings. The van der Waals surface area contributed by atoms with Gasteiger partial charge in [-0.05, 0) is 138 Å². The minimum Gasteiger partial charge on any atom is -0.456 e. The summed E-state index contributed by atoms with van der Waals surface area (Å²) < 4.78 is 56.5. The lowest BCUT2D eigenvalue weighted by molar-refractivity contribution is -0.116. The van der Waals surface area contributed by atoms with Gasteiger partial charge in [0.05, 0.1) is 46.9 Å². The Morgan fingerprint density at radius 1 is 0.536 bits per heavy atom. The number of carbonyl (C=O) groups excluding carboxylic acids is 5. The number of fused-ring (bicyclic) bond motifs is 3. The number of benzene rings is 4. The SMILES string of the molecule is C=CC(=C)n1c(=O)c(C(=O)Nc2ccc(Oc3ccnc(NC(=O)N4CCCC4)c3)cn2)c2n1CCN(C)C2.Cc1c(C(=O)Nc2ccc(Oc3ccnc4c3CCC(=O)N4)c(F)c2)c(=O)n(-c2ccccc2)n1C.Cc1c(C(=O)Nc2ccc(Oc3ccnc4c3CCCN4)c(F)c2)c(=O)n(-c2ccccc2)n1C. The number of nitrogens with one attached hydrogen (secondary N) is 6. The van der Waals surface area contributed by atoms with Crippen molar-refractivity contribution >= 4 is 70.0 Å². The zero-order chi connectivity index (χ0) is 77.4. The number of likely N-dealkylation sites (tertiary alicyclic amines) is 1. The van der Waals surface area contributed by atoms with Crippen LogP contribution < -0.4 is 62.8 Å². The average Bonchev–Trinajstić information content (AvgIpc) is 1.63. The van der Waals surface area contributed by atoms with E-state index in [9.17, 15) is 47.1 Å². The van der Waals surface area contributed by atoms with Crippen LogP contribution in [0.2, 0.25) is 0 Å². The molecule has 15 rings (SSSR count). The number of ether oxygens (including phenoxy) is 3. The van der Waals surface area contributed by atoms with E-state index >= 15 is 0 Å².